The van der Waals surface area contributed by atoms with Crippen LogP contribution in [0.1, 0.15) is 5.56 Å². The van der Waals surface area contributed by atoms with Crippen molar-refractivity contribution in [2.75, 3.05) is 11.6 Å². The van der Waals surface area contributed by atoms with E-state index in [-0.39, 0.29) is 0 Å². The minimum absolute atomic E-state index is 0.823. The van der Waals surface area contributed by atoms with Gasteiger partial charge >= 0.3 is 0 Å². The number of nitrogens with one attached hydrogen (secondary N) is 1. The van der Waals surface area contributed by atoms with Crippen molar-refractivity contribution in [3.05, 3.63) is 57.0 Å². The summed E-state index contributed by atoms with van der Waals surface area (Å²) in [4.78, 5) is 1.29. The zero-order valence-electron chi connectivity index (χ0n) is 9.91. The highest BCUT2D eigenvalue weighted by molar-refractivity contribution is 9.11. The molecule has 2 aromatic carbocycles. The molecule has 0 saturated heterocycles. The highest BCUT2D eigenvalue weighted by atomic mass is 79.9. The van der Waals surface area contributed by atoms with Gasteiger partial charge in [0, 0.05) is 26.1 Å². The summed E-state index contributed by atoms with van der Waals surface area (Å²) < 4.78 is 2.15. The molecule has 2 rings (SSSR count). The minimum Gasteiger partial charge on any atom is -0.380 e. The summed E-state index contributed by atoms with van der Waals surface area (Å²) in [5.74, 6) is 0. The van der Waals surface area contributed by atoms with Crippen LogP contribution in [0.5, 0.6) is 0 Å². The van der Waals surface area contributed by atoms with Gasteiger partial charge in [0.05, 0.1) is 0 Å². The lowest BCUT2D eigenvalue weighted by atomic mass is 10.2. The van der Waals surface area contributed by atoms with Crippen LogP contribution in [0.25, 0.3) is 0 Å². The second-order valence-electron chi connectivity index (χ2n) is 3.83. The Morgan fingerprint density at radius 1 is 1.06 bits per heavy atom. The average molecular weight is 387 g/mol. The van der Waals surface area contributed by atoms with Crippen molar-refractivity contribution in [2.24, 2.45) is 0 Å². The van der Waals surface area contributed by atoms with Crippen molar-refractivity contribution in [3.8, 4) is 0 Å². The molecule has 1 nitrogen and oxygen atoms in total. The van der Waals surface area contributed by atoms with E-state index in [1.54, 1.807) is 11.8 Å². The van der Waals surface area contributed by atoms with Crippen molar-refractivity contribution in [2.45, 2.75) is 11.4 Å². The summed E-state index contributed by atoms with van der Waals surface area (Å²) in [6.45, 7) is 0.823. The van der Waals surface area contributed by atoms with Crippen LogP contribution < -0.4 is 5.32 Å². The second-order valence-corrected chi connectivity index (χ2v) is 6.48. The third-order valence-corrected chi connectivity index (χ3v) is 4.50. The maximum atomic E-state index is 3.54. The zero-order chi connectivity index (χ0) is 13.0. The Morgan fingerprint density at radius 3 is 2.44 bits per heavy atom. The molecule has 0 aromatic heterocycles. The lowest BCUT2D eigenvalue weighted by molar-refractivity contribution is 1.14. The number of hydrogen-bond acceptors (Lipinski definition) is 2. The fraction of sp³-hybridized carbons (Fsp3) is 0.143. The minimum atomic E-state index is 0.823. The topological polar surface area (TPSA) is 12.0 Å². The first-order valence-corrected chi connectivity index (χ1v) is 8.32. The van der Waals surface area contributed by atoms with Gasteiger partial charge in [0.15, 0.2) is 0 Å². The lowest BCUT2D eigenvalue weighted by Crippen LogP contribution is -1.99. The molecule has 0 fully saturated rings. The lowest BCUT2D eigenvalue weighted by Gasteiger charge is -2.09. The maximum absolute atomic E-state index is 3.54. The van der Waals surface area contributed by atoms with Crippen LogP contribution in [-0.2, 0) is 6.54 Å². The Bertz CT molecular complexity index is 526. The standard InChI is InChI=1S/C14H13Br2NS/c1-18-12-5-2-10(3-6-12)9-17-14-8-11(15)4-7-13(14)16/h2-8,17H,9H2,1H3. The van der Waals surface area contributed by atoms with Gasteiger partial charge in [0.25, 0.3) is 0 Å². The van der Waals surface area contributed by atoms with E-state index < -0.39 is 0 Å². The summed E-state index contributed by atoms with van der Waals surface area (Å²) in [5.41, 5.74) is 2.37. The Kier molecular flexibility index (Phi) is 5.15. The van der Waals surface area contributed by atoms with Gasteiger partial charge in [-0.3, -0.25) is 0 Å². The summed E-state index contributed by atoms with van der Waals surface area (Å²) in [6.07, 6.45) is 2.09. The second kappa shape index (κ2) is 6.64. The molecule has 2 aromatic rings. The SMILES string of the molecule is CSc1ccc(CNc2cc(Br)ccc2Br)cc1. The van der Waals surface area contributed by atoms with Crippen LogP contribution in [0.4, 0.5) is 5.69 Å². The van der Waals surface area contributed by atoms with Gasteiger partial charge in [-0.05, 0) is 58.1 Å². The normalized spacial score (nSPS) is 10.4. The molecule has 94 valence electrons. The third kappa shape index (κ3) is 3.77. The van der Waals surface area contributed by atoms with Crippen LogP contribution in [-0.4, -0.2) is 6.26 Å². The third-order valence-electron chi connectivity index (χ3n) is 2.57. The Labute approximate surface area is 129 Å². The molecule has 0 unspecified atom stereocenters. The van der Waals surface area contributed by atoms with Crippen molar-refractivity contribution in [1.29, 1.82) is 0 Å². The van der Waals surface area contributed by atoms with Crippen LogP contribution in [0.15, 0.2) is 56.3 Å². The Balaban J connectivity index is 2.04. The molecule has 0 aliphatic carbocycles. The van der Waals surface area contributed by atoms with Gasteiger partial charge in [-0.25, -0.2) is 0 Å². The van der Waals surface area contributed by atoms with E-state index in [1.807, 2.05) is 12.1 Å². The van der Waals surface area contributed by atoms with Crippen molar-refractivity contribution in [1.82, 2.24) is 0 Å². The maximum Gasteiger partial charge on any atom is 0.0498 e. The van der Waals surface area contributed by atoms with Gasteiger partial charge in [-0.1, -0.05) is 28.1 Å². The molecule has 0 amide bonds. The van der Waals surface area contributed by atoms with E-state index in [0.29, 0.717) is 0 Å². The predicted octanol–water partition coefficient (Wildman–Crippen LogP) is 5.55. The Hall–Kier alpha value is -0.450. The van der Waals surface area contributed by atoms with Crippen LogP contribution in [0, 0.1) is 0 Å². The van der Waals surface area contributed by atoms with Crippen molar-refractivity contribution in [3.63, 3.8) is 0 Å². The number of rotatable bonds is 4. The highest BCUT2D eigenvalue weighted by Crippen LogP contribution is 2.26. The quantitative estimate of drug-likeness (QED) is 0.691. The summed E-state index contributed by atoms with van der Waals surface area (Å²) in [6, 6.07) is 14.7. The number of halogens is 2. The van der Waals surface area contributed by atoms with E-state index >= 15 is 0 Å². The average Bonchev–Trinajstić information content (AvgIpc) is 2.40. The predicted molar refractivity (Wildman–Crippen MR) is 87.4 cm³/mol. The molecule has 1 N–H and O–H groups in total. The molecule has 4 heteroatoms. The number of anilines is 1. The molecule has 0 radical (unpaired) electrons. The van der Waals surface area contributed by atoms with Crippen LogP contribution >= 0.6 is 43.6 Å². The summed E-state index contributed by atoms with van der Waals surface area (Å²) in [7, 11) is 0. The molecular formula is C14H13Br2NS. The largest absolute Gasteiger partial charge is 0.380 e. The first-order chi connectivity index (χ1) is 8.69. The molecule has 0 spiro atoms. The fourth-order valence-electron chi connectivity index (χ4n) is 1.57. The zero-order valence-corrected chi connectivity index (χ0v) is 13.9. The first-order valence-electron chi connectivity index (χ1n) is 5.51. The fourth-order valence-corrected chi connectivity index (χ4v) is 2.73. The molecule has 0 aliphatic heterocycles. The van der Waals surface area contributed by atoms with Gasteiger partial charge in [0.2, 0.25) is 0 Å². The van der Waals surface area contributed by atoms with Crippen LogP contribution in [0.3, 0.4) is 0 Å². The first kappa shape index (κ1) is 14.0. The van der Waals surface area contributed by atoms with E-state index in [1.165, 1.54) is 10.5 Å². The molecule has 0 saturated carbocycles. The van der Waals surface area contributed by atoms with Gasteiger partial charge in [-0.15, -0.1) is 11.8 Å². The van der Waals surface area contributed by atoms with Gasteiger partial charge in [-0.2, -0.15) is 0 Å². The van der Waals surface area contributed by atoms with E-state index in [2.05, 4.69) is 73.8 Å². The number of hydrogen-bond donors (Lipinski definition) is 1. The van der Waals surface area contributed by atoms with Crippen LogP contribution in [0.2, 0.25) is 0 Å². The molecule has 0 heterocycles. The Morgan fingerprint density at radius 2 is 1.78 bits per heavy atom. The summed E-state index contributed by atoms with van der Waals surface area (Å²) >= 11 is 8.78. The van der Waals surface area contributed by atoms with E-state index in [9.17, 15) is 0 Å². The smallest absolute Gasteiger partial charge is 0.0498 e. The van der Waals surface area contributed by atoms with Crippen molar-refractivity contribution >= 4 is 49.3 Å². The van der Waals surface area contributed by atoms with Crippen molar-refractivity contribution < 1.29 is 0 Å². The molecule has 18 heavy (non-hydrogen) atoms. The van der Waals surface area contributed by atoms with E-state index in [0.717, 1.165) is 21.2 Å². The summed E-state index contributed by atoms with van der Waals surface area (Å²) in [5, 5.41) is 3.42. The molecule has 0 atom stereocenters. The molecular weight excluding hydrogens is 374 g/mol. The number of thioether (sulfide) groups is 1. The molecule has 0 aliphatic rings. The van der Waals surface area contributed by atoms with Gasteiger partial charge in [0.1, 0.15) is 0 Å². The van der Waals surface area contributed by atoms with Gasteiger partial charge < -0.3 is 5.32 Å². The number of benzene rings is 2. The van der Waals surface area contributed by atoms with E-state index in [4.69, 9.17) is 0 Å². The highest BCUT2D eigenvalue weighted by Gasteiger charge is 2.00. The monoisotopic (exact) mass is 385 g/mol. The molecule has 0 bridgehead atoms.